The zero-order valence-electron chi connectivity index (χ0n) is 35.0. The van der Waals surface area contributed by atoms with Gasteiger partial charge in [0, 0.05) is 40.2 Å². The Morgan fingerprint density at radius 2 is 1.53 bits per heavy atom. The normalized spacial score (nSPS) is 13.9. The van der Waals surface area contributed by atoms with E-state index in [2.05, 4.69) is 129 Å². The summed E-state index contributed by atoms with van der Waals surface area (Å²) in [6.45, 7) is 12.0. The molecule has 0 bridgehead atoms. The van der Waals surface area contributed by atoms with Crippen molar-refractivity contribution in [3.05, 3.63) is 131 Å². The van der Waals surface area contributed by atoms with Crippen molar-refractivity contribution in [1.82, 2.24) is 14.5 Å². The minimum absolute atomic E-state index is 0. The fraction of sp³-hybridized carbons (Fsp3) is 0.256. The van der Waals surface area contributed by atoms with Gasteiger partial charge in [-0.15, -0.1) is 46.8 Å². The van der Waals surface area contributed by atoms with Crippen LogP contribution in [0.15, 0.2) is 97.2 Å². The molecule has 0 unspecified atom stereocenters. The van der Waals surface area contributed by atoms with Crippen molar-refractivity contribution in [2.24, 2.45) is 0 Å². The van der Waals surface area contributed by atoms with Gasteiger partial charge in [-0.25, -0.2) is 0 Å². The maximum atomic E-state index is 7.28. The Kier molecular flexibility index (Phi) is 8.94. The average molecular weight is 862 g/mol. The van der Waals surface area contributed by atoms with E-state index in [0.717, 1.165) is 22.4 Å². The number of hydrogen-bond acceptors (Lipinski definition) is 3. The van der Waals surface area contributed by atoms with Gasteiger partial charge in [-0.2, -0.15) is 0 Å². The summed E-state index contributed by atoms with van der Waals surface area (Å²) in [4.78, 5) is 9.30. The predicted molar refractivity (Wildman–Crippen MR) is 210 cm³/mol. The Hall–Kier alpha value is -3.67. The summed E-state index contributed by atoms with van der Waals surface area (Å²) >= 11 is 1.70. The Balaban J connectivity index is 0.000000237. The molecule has 0 spiro atoms. The fourth-order valence-corrected chi connectivity index (χ4v) is 7.92. The van der Waals surface area contributed by atoms with Crippen molar-refractivity contribution in [3.63, 3.8) is 0 Å². The monoisotopic (exact) mass is 862 g/mol. The topological polar surface area (TPSA) is 30.7 Å². The smallest absolute Gasteiger partial charge is 0.0774 e. The summed E-state index contributed by atoms with van der Waals surface area (Å²) in [5, 5.41) is 6.40. The third-order valence-corrected chi connectivity index (χ3v) is 11.5. The molecule has 49 heavy (non-hydrogen) atoms. The number of pyridine rings is 1. The third kappa shape index (κ3) is 7.73. The first-order valence-electron chi connectivity index (χ1n) is 19.4. The molecule has 7 aromatic rings. The maximum absolute atomic E-state index is 7.28. The van der Waals surface area contributed by atoms with E-state index in [1.54, 1.807) is 23.5 Å². The molecular formula is C43H45IrN3SSi-2. The number of nitrogens with zero attached hydrogens (tertiary/aromatic N) is 3. The van der Waals surface area contributed by atoms with Gasteiger partial charge < -0.3 is 9.55 Å². The molecule has 0 aliphatic rings. The molecule has 6 heteroatoms. The van der Waals surface area contributed by atoms with E-state index in [4.69, 9.17) is 13.2 Å². The number of hydrogen-bond donors (Lipinski definition) is 0. The first kappa shape index (κ1) is 29.1. The Labute approximate surface area is 319 Å². The minimum atomic E-state index is -2.18. The summed E-state index contributed by atoms with van der Waals surface area (Å²) in [5.74, 6) is 1.81. The number of aryl methyl sites for hydroxylation is 2. The van der Waals surface area contributed by atoms with Gasteiger partial charge in [-0.3, -0.25) is 16.3 Å². The molecule has 4 aromatic carbocycles. The summed E-state index contributed by atoms with van der Waals surface area (Å²) in [7, 11) is -1.44. The van der Waals surface area contributed by atoms with Gasteiger partial charge in [0.1, 0.15) is 0 Å². The van der Waals surface area contributed by atoms with E-state index in [-0.39, 0.29) is 31.2 Å². The summed E-state index contributed by atoms with van der Waals surface area (Å²) in [6, 6.07) is 32.8. The van der Waals surface area contributed by atoms with Crippen LogP contribution in [-0.4, -0.2) is 22.6 Å². The number of benzene rings is 4. The van der Waals surface area contributed by atoms with Gasteiger partial charge in [0.25, 0.3) is 0 Å². The first-order valence-corrected chi connectivity index (χ1v) is 20.7. The summed E-state index contributed by atoms with van der Waals surface area (Å²) in [6.07, 6.45) is 1.30. The number of para-hydroxylation sites is 3. The molecule has 3 aromatic heterocycles. The number of rotatable bonds is 6. The van der Waals surface area contributed by atoms with Crippen LogP contribution in [-0.2, 0) is 20.1 Å². The van der Waals surface area contributed by atoms with Gasteiger partial charge >= 0.3 is 0 Å². The molecule has 0 amide bonds. The number of aromatic nitrogens is 3. The predicted octanol–water partition coefficient (Wildman–Crippen LogP) is 11.7. The van der Waals surface area contributed by atoms with Gasteiger partial charge in [0.2, 0.25) is 0 Å². The van der Waals surface area contributed by atoms with Crippen molar-refractivity contribution >= 4 is 45.7 Å². The number of imidazole rings is 1. The molecule has 3 nitrogen and oxygen atoms in total. The zero-order chi connectivity index (χ0) is 39.2. The van der Waals surface area contributed by atoms with E-state index in [0.29, 0.717) is 23.1 Å². The molecule has 1 radical (unpaired) electrons. The molecule has 0 aliphatic heterocycles. The summed E-state index contributed by atoms with van der Waals surface area (Å²) < 4.78 is 47.3. The summed E-state index contributed by atoms with van der Waals surface area (Å²) in [5.41, 5.74) is 8.85. The van der Waals surface area contributed by atoms with Crippen molar-refractivity contribution in [2.75, 3.05) is 0 Å². The van der Waals surface area contributed by atoms with Crippen LogP contribution in [0.4, 0.5) is 0 Å². The van der Waals surface area contributed by atoms with Crippen molar-refractivity contribution in [2.45, 2.75) is 72.9 Å². The van der Waals surface area contributed by atoms with E-state index in [1.165, 1.54) is 56.5 Å². The van der Waals surface area contributed by atoms with E-state index < -0.39 is 21.8 Å². The van der Waals surface area contributed by atoms with Gasteiger partial charge in [0.05, 0.1) is 24.9 Å². The SMILES string of the molecule is CC(C)c1cccc(C(C)C)c1-n1c(-c2[c-]sc3ccc([Si](C)(C)C)cc23)nc2ccccc21.[2H]C([2H])([2H])c1c[c-]c(-c2ccc(C([2H])([2H])[2H])cn2)cc1.[Ir]. The van der Waals surface area contributed by atoms with Crippen molar-refractivity contribution < 1.29 is 28.3 Å². The quantitative estimate of drug-likeness (QED) is 0.123. The second kappa shape index (κ2) is 15.1. The van der Waals surface area contributed by atoms with E-state index in [1.807, 2.05) is 0 Å². The largest absolute Gasteiger partial charge is 0.333 e. The van der Waals surface area contributed by atoms with Gasteiger partial charge in [0.15, 0.2) is 0 Å². The number of fused-ring (bicyclic) bond motifs is 2. The zero-order valence-corrected chi connectivity index (χ0v) is 33.2. The molecule has 0 fully saturated rings. The molecular weight excluding hydrogens is 811 g/mol. The molecule has 0 saturated heterocycles. The second-order valence-electron chi connectivity index (χ2n) is 13.8. The average Bonchev–Trinajstić information content (AvgIpc) is 3.71. The minimum Gasteiger partial charge on any atom is -0.333 e. The van der Waals surface area contributed by atoms with Crippen LogP contribution < -0.4 is 5.19 Å². The first-order chi connectivity index (χ1) is 25.3. The van der Waals surface area contributed by atoms with Gasteiger partial charge in [-0.05, 0) is 53.2 Å². The Morgan fingerprint density at radius 1 is 0.816 bits per heavy atom. The van der Waals surface area contributed by atoms with Crippen LogP contribution in [0.3, 0.4) is 0 Å². The standard InChI is InChI=1S/C30H33N2SSi.C13H12N.Ir/c1-19(2)22-11-10-12-23(20(3)4)29(22)32-27-14-9-8-13-26(27)31-30(32)25-18-33-28-16-15-21(17-24(25)28)34(5,6)7;1-10-3-6-12(7-4-10)13-8-5-11(2)9-14-13;/h8-17,19-20H,1-7H3;3-6,8-9H,1-2H3;/q2*-1;/i;1D3,2D3;. The molecule has 3 heterocycles. The van der Waals surface area contributed by atoms with E-state index >= 15 is 0 Å². The maximum Gasteiger partial charge on any atom is 0.0774 e. The molecule has 0 saturated carbocycles. The van der Waals surface area contributed by atoms with Crippen molar-refractivity contribution in [1.29, 1.82) is 0 Å². The Morgan fingerprint density at radius 3 is 2.14 bits per heavy atom. The van der Waals surface area contributed by atoms with Gasteiger partial charge in [-0.1, -0.05) is 130 Å². The molecule has 7 rings (SSSR count). The third-order valence-electron chi connectivity index (χ3n) is 8.58. The number of thiophene rings is 1. The fourth-order valence-electron chi connectivity index (χ4n) is 5.94. The molecule has 0 N–H and O–H groups in total. The van der Waals surface area contributed by atoms with E-state index in [9.17, 15) is 0 Å². The molecule has 253 valence electrons. The molecule has 0 aliphatic carbocycles. The van der Waals surface area contributed by atoms with Crippen LogP contribution in [0.25, 0.3) is 49.5 Å². The van der Waals surface area contributed by atoms with Crippen LogP contribution in [0.5, 0.6) is 0 Å². The Bertz CT molecular complexity index is 2320. The second-order valence-corrected chi connectivity index (χ2v) is 19.7. The van der Waals surface area contributed by atoms with Crippen molar-refractivity contribution in [3.8, 4) is 28.3 Å². The molecule has 0 atom stereocenters. The van der Waals surface area contributed by atoms with Crippen LogP contribution in [0, 0.1) is 25.2 Å². The van der Waals surface area contributed by atoms with Crippen LogP contribution in [0.2, 0.25) is 19.6 Å². The van der Waals surface area contributed by atoms with Crippen LogP contribution >= 0.6 is 11.3 Å². The van der Waals surface area contributed by atoms with Crippen LogP contribution in [0.1, 0.15) is 70.0 Å².